The van der Waals surface area contributed by atoms with Gasteiger partial charge < -0.3 is 10.8 Å². The Morgan fingerprint density at radius 3 is 2.60 bits per heavy atom. The molecule has 1 atom stereocenters. The summed E-state index contributed by atoms with van der Waals surface area (Å²) < 4.78 is 36.0. The molecular weight excluding hydrogens is 221 g/mol. The van der Waals surface area contributed by atoms with Gasteiger partial charge in [0.1, 0.15) is 5.82 Å². The Bertz CT molecular complexity index is 458. The minimum absolute atomic E-state index is 0.164. The molecular formula is C9H12FNO3S. The summed E-state index contributed by atoms with van der Waals surface area (Å²) in [5.41, 5.74) is 5.27. The van der Waals surface area contributed by atoms with E-state index in [1.807, 2.05) is 0 Å². The van der Waals surface area contributed by atoms with Gasteiger partial charge in [0.15, 0.2) is 9.84 Å². The number of halogens is 1. The van der Waals surface area contributed by atoms with Gasteiger partial charge in [-0.3, -0.25) is 0 Å². The molecule has 0 radical (unpaired) electrons. The summed E-state index contributed by atoms with van der Waals surface area (Å²) in [6, 6.07) is 2.64. The third kappa shape index (κ3) is 2.53. The van der Waals surface area contributed by atoms with E-state index in [0.29, 0.717) is 0 Å². The summed E-state index contributed by atoms with van der Waals surface area (Å²) in [5, 5.41) is 8.82. The standard InChI is InChI=1S/C9H12FNO3S/c1-15(13,14)8-4-2-3-6(10)9(8)7(11)5-12/h2-4,7,12H,5,11H2,1H3. The van der Waals surface area contributed by atoms with Gasteiger partial charge in [0.05, 0.1) is 17.5 Å². The second kappa shape index (κ2) is 4.26. The fourth-order valence-corrected chi connectivity index (χ4v) is 2.27. The van der Waals surface area contributed by atoms with E-state index in [1.165, 1.54) is 12.1 Å². The summed E-state index contributed by atoms with van der Waals surface area (Å²) in [5.74, 6) is -0.723. The van der Waals surface area contributed by atoms with Gasteiger partial charge in [-0.05, 0) is 12.1 Å². The highest BCUT2D eigenvalue weighted by atomic mass is 32.2. The zero-order valence-electron chi connectivity index (χ0n) is 8.14. The molecule has 15 heavy (non-hydrogen) atoms. The van der Waals surface area contributed by atoms with Crippen molar-refractivity contribution in [3.8, 4) is 0 Å². The number of rotatable bonds is 3. The molecule has 84 valence electrons. The minimum Gasteiger partial charge on any atom is -0.394 e. The van der Waals surface area contributed by atoms with Crippen LogP contribution in [0.1, 0.15) is 11.6 Å². The summed E-state index contributed by atoms with van der Waals surface area (Å²) in [6.45, 7) is -0.510. The quantitative estimate of drug-likeness (QED) is 0.782. The van der Waals surface area contributed by atoms with E-state index in [4.69, 9.17) is 10.8 Å². The van der Waals surface area contributed by atoms with E-state index in [-0.39, 0.29) is 10.5 Å². The largest absolute Gasteiger partial charge is 0.394 e. The molecule has 3 N–H and O–H groups in total. The lowest BCUT2D eigenvalue weighted by Crippen LogP contribution is -2.19. The topological polar surface area (TPSA) is 80.4 Å². The molecule has 0 aromatic heterocycles. The van der Waals surface area contributed by atoms with Gasteiger partial charge in [0.2, 0.25) is 0 Å². The molecule has 6 heteroatoms. The van der Waals surface area contributed by atoms with Crippen molar-refractivity contribution in [2.45, 2.75) is 10.9 Å². The molecule has 0 saturated carbocycles. The monoisotopic (exact) mass is 233 g/mol. The number of hydrogen-bond donors (Lipinski definition) is 2. The molecule has 0 bridgehead atoms. The van der Waals surface area contributed by atoms with Crippen LogP contribution in [0.3, 0.4) is 0 Å². The number of aliphatic hydroxyl groups excluding tert-OH is 1. The van der Waals surface area contributed by atoms with E-state index in [2.05, 4.69) is 0 Å². The lowest BCUT2D eigenvalue weighted by molar-refractivity contribution is 0.263. The van der Waals surface area contributed by atoms with Crippen LogP contribution in [0.25, 0.3) is 0 Å². The Morgan fingerprint density at radius 2 is 2.13 bits per heavy atom. The van der Waals surface area contributed by atoms with Gasteiger partial charge in [0, 0.05) is 11.8 Å². The van der Waals surface area contributed by atoms with Crippen LogP contribution >= 0.6 is 0 Å². The lowest BCUT2D eigenvalue weighted by Gasteiger charge is -2.13. The van der Waals surface area contributed by atoms with Gasteiger partial charge in [-0.25, -0.2) is 12.8 Å². The van der Waals surface area contributed by atoms with Crippen molar-refractivity contribution in [2.24, 2.45) is 5.73 Å². The molecule has 0 fully saturated rings. The molecule has 1 rings (SSSR count). The van der Waals surface area contributed by atoms with Crippen LogP contribution in [0, 0.1) is 5.82 Å². The highest BCUT2D eigenvalue weighted by Crippen LogP contribution is 2.23. The van der Waals surface area contributed by atoms with Crippen LogP contribution in [0.4, 0.5) is 4.39 Å². The normalized spacial score (nSPS) is 13.9. The van der Waals surface area contributed by atoms with E-state index < -0.39 is 28.3 Å². The first-order valence-corrected chi connectivity index (χ1v) is 6.12. The summed E-state index contributed by atoms with van der Waals surface area (Å²) >= 11 is 0. The third-order valence-electron chi connectivity index (χ3n) is 1.98. The predicted octanol–water partition coefficient (Wildman–Crippen LogP) is 0.221. The van der Waals surface area contributed by atoms with Gasteiger partial charge in [-0.15, -0.1) is 0 Å². The van der Waals surface area contributed by atoms with E-state index in [0.717, 1.165) is 12.3 Å². The van der Waals surface area contributed by atoms with Gasteiger partial charge in [-0.2, -0.15) is 0 Å². The van der Waals surface area contributed by atoms with Gasteiger partial charge in [0.25, 0.3) is 0 Å². The number of hydrogen-bond acceptors (Lipinski definition) is 4. The van der Waals surface area contributed by atoms with E-state index in [9.17, 15) is 12.8 Å². The Kier molecular flexibility index (Phi) is 3.43. The number of benzene rings is 1. The predicted molar refractivity (Wildman–Crippen MR) is 53.5 cm³/mol. The first-order valence-electron chi connectivity index (χ1n) is 4.23. The van der Waals surface area contributed by atoms with Crippen molar-refractivity contribution in [3.63, 3.8) is 0 Å². The maximum absolute atomic E-state index is 13.4. The molecule has 0 aliphatic heterocycles. The first kappa shape index (κ1) is 12.1. The fraction of sp³-hybridized carbons (Fsp3) is 0.333. The zero-order valence-corrected chi connectivity index (χ0v) is 8.96. The van der Waals surface area contributed by atoms with Crippen molar-refractivity contribution < 1.29 is 17.9 Å². The van der Waals surface area contributed by atoms with Crippen LogP contribution in [0.15, 0.2) is 23.1 Å². The molecule has 0 amide bonds. The lowest BCUT2D eigenvalue weighted by atomic mass is 10.1. The molecule has 1 unspecified atom stereocenters. The smallest absolute Gasteiger partial charge is 0.175 e. The summed E-state index contributed by atoms with van der Waals surface area (Å²) in [6.07, 6.45) is 0.968. The Labute approximate surface area is 87.5 Å². The highest BCUT2D eigenvalue weighted by molar-refractivity contribution is 7.90. The highest BCUT2D eigenvalue weighted by Gasteiger charge is 2.21. The van der Waals surface area contributed by atoms with Crippen molar-refractivity contribution in [3.05, 3.63) is 29.6 Å². The summed E-state index contributed by atoms with van der Waals surface area (Å²) in [4.78, 5) is -0.177. The number of sulfone groups is 1. The van der Waals surface area contributed by atoms with Crippen molar-refractivity contribution >= 4 is 9.84 Å². The second-order valence-corrected chi connectivity index (χ2v) is 5.20. The van der Waals surface area contributed by atoms with Crippen LogP contribution in [0.5, 0.6) is 0 Å². The van der Waals surface area contributed by atoms with E-state index >= 15 is 0 Å². The molecule has 0 spiro atoms. The Balaban J connectivity index is 3.47. The fourth-order valence-electron chi connectivity index (χ4n) is 1.29. The number of nitrogens with two attached hydrogens (primary N) is 1. The molecule has 4 nitrogen and oxygen atoms in total. The van der Waals surface area contributed by atoms with Crippen LogP contribution < -0.4 is 5.73 Å². The summed E-state index contributed by atoms with van der Waals surface area (Å²) in [7, 11) is -3.54. The van der Waals surface area contributed by atoms with Crippen molar-refractivity contribution in [1.29, 1.82) is 0 Å². The maximum atomic E-state index is 13.4. The molecule has 1 aromatic carbocycles. The second-order valence-electron chi connectivity index (χ2n) is 3.21. The Morgan fingerprint density at radius 1 is 1.53 bits per heavy atom. The minimum atomic E-state index is -3.54. The van der Waals surface area contributed by atoms with Gasteiger partial charge >= 0.3 is 0 Å². The van der Waals surface area contributed by atoms with Gasteiger partial charge in [-0.1, -0.05) is 6.07 Å². The average Bonchev–Trinajstić information content (AvgIpc) is 2.15. The molecule has 0 aliphatic carbocycles. The van der Waals surface area contributed by atoms with Crippen molar-refractivity contribution in [1.82, 2.24) is 0 Å². The number of aliphatic hydroxyl groups is 1. The molecule has 0 aliphatic rings. The van der Waals surface area contributed by atoms with E-state index in [1.54, 1.807) is 0 Å². The van der Waals surface area contributed by atoms with Crippen molar-refractivity contribution in [2.75, 3.05) is 12.9 Å². The maximum Gasteiger partial charge on any atom is 0.175 e. The van der Waals surface area contributed by atoms with Crippen LogP contribution in [0.2, 0.25) is 0 Å². The third-order valence-corrected chi connectivity index (χ3v) is 3.13. The molecule has 1 aromatic rings. The Hall–Kier alpha value is -0.980. The molecule has 0 saturated heterocycles. The van der Waals surface area contributed by atoms with Crippen LogP contribution in [-0.2, 0) is 9.84 Å². The molecule has 0 heterocycles. The zero-order chi connectivity index (χ0) is 11.6. The van der Waals surface area contributed by atoms with Crippen LogP contribution in [-0.4, -0.2) is 26.4 Å². The SMILES string of the molecule is CS(=O)(=O)c1cccc(F)c1C(N)CO. The average molecular weight is 233 g/mol. The first-order chi connectivity index (χ1) is 6.88.